The second kappa shape index (κ2) is 10.9. The summed E-state index contributed by atoms with van der Waals surface area (Å²) in [6, 6.07) is 13.3. The Kier molecular flexibility index (Phi) is 8.28. The molecule has 2 aromatic rings. The Bertz CT molecular complexity index is 848. The van der Waals surface area contributed by atoms with Crippen LogP contribution in [-0.2, 0) is 16.6 Å². The van der Waals surface area contributed by atoms with E-state index in [2.05, 4.69) is 13.8 Å². The summed E-state index contributed by atoms with van der Waals surface area (Å²) >= 11 is 0. The van der Waals surface area contributed by atoms with Crippen LogP contribution in [0.5, 0.6) is 0 Å². The van der Waals surface area contributed by atoms with Gasteiger partial charge in [0.2, 0.25) is 0 Å². The summed E-state index contributed by atoms with van der Waals surface area (Å²) in [7, 11) is 0. The van der Waals surface area contributed by atoms with E-state index in [4.69, 9.17) is 0 Å². The standard InChI is InChI=1S/C28H37FO2/c1-3-5-6-7-8-9-23-10-11-24(20-26(23)29)22-12-14-25(15-13-22)28(27(30)31)18-16-21(4-2)17-19-28/h10-15,20-21H,3-9,16-19H2,1-2H3,(H,30,31). The average Bonchev–Trinajstić information content (AvgIpc) is 2.80. The number of benzene rings is 2. The number of aliphatic carboxylic acids is 1. The number of aryl methyl sites for hydroxylation is 1. The number of carbonyl (C=O) groups is 1. The number of hydrogen-bond acceptors (Lipinski definition) is 1. The van der Waals surface area contributed by atoms with Gasteiger partial charge in [0.1, 0.15) is 5.82 Å². The molecule has 3 rings (SSSR count). The summed E-state index contributed by atoms with van der Waals surface area (Å²) in [6.45, 7) is 4.38. The van der Waals surface area contributed by atoms with Crippen LogP contribution < -0.4 is 0 Å². The van der Waals surface area contributed by atoms with Gasteiger partial charge in [-0.2, -0.15) is 0 Å². The number of carboxylic acids is 1. The molecule has 3 heteroatoms. The van der Waals surface area contributed by atoms with E-state index in [1.807, 2.05) is 36.4 Å². The first-order valence-corrected chi connectivity index (χ1v) is 12.1. The molecule has 2 nitrogen and oxygen atoms in total. The van der Waals surface area contributed by atoms with Crippen molar-refractivity contribution in [2.75, 3.05) is 0 Å². The molecule has 0 saturated heterocycles. The van der Waals surface area contributed by atoms with E-state index in [9.17, 15) is 14.3 Å². The van der Waals surface area contributed by atoms with E-state index in [1.54, 1.807) is 6.07 Å². The summed E-state index contributed by atoms with van der Waals surface area (Å²) in [5, 5.41) is 10.0. The first-order chi connectivity index (χ1) is 15.0. The van der Waals surface area contributed by atoms with Crippen molar-refractivity contribution < 1.29 is 14.3 Å². The number of unbranched alkanes of at least 4 members (excludes halogenated alkanes) is 4. The van der Waals surface area contributed by atoms with Crippen LogP contribution in [0, 0.1) is 11.7 Å². The van der Waals surface area contributed by atoms with Crippen molar-refractivity contribution in [2.45, 2.75) is 89.9 Å². The summed E-state index contributed by atoms with van der Waals surface area (Å²) in [5.74, 6) is -0.221. The molecule has 0 bridgehead atoms. The average molecular weight is 425 g/mol. The maximum absolute atomic E-state index is 14.6. The van der Waals surface area contributed by atoms with Crippen molar-refractivity contribution in [1.29, 1.82) is 0 Å². The van der Waals surface area contributed by atoms with Crippen molar-refractivity contribution in [3.63, 3.8) is 0 Å². The third kappa shape index (κ3) is 5.56. The van der Waals surface area contributed by atoms with Crippen LogP contribution in [0.2, 0.25) is 0 Å². The molecular formula is C28H37FO2. The third-order valence-corrected chi connectivity index (χ3v) is 7.32. The fraction of sp³-hybridized carbons (Fsp3) is 0.536. The van der Waals surface area contributed by atoms with Crippen LogP contribution in [0.1, 0.15) is 89.2 Å². The van der Waals surface area contributed by atoms with Crippen LogP contribution in [-0.4, -0.2) is 11.1 Å². The van der Waals surface area contributed by atoms with Gasteiger partial charge in [-0.15, -0.1) is 0 Å². The molecule has 1 aliphatic rings. The fourth-order valence-electron chi connectivity index (χ4n) is 5.03. The fourth-order valence-corrected chi connectivity index (χ4v) is 5.03. The quantitative estimate of drug-likeness (QED) is 0.393. The van der Waals surface area contributed by atoms with Gasteiger partial charge in [-0.05, 0) is 72.8 Å². The van der Waals surface area contributed by atoms with E-state index in [0.29, 0.717) is 18.8 Å². The Morgan fingerprint density at radius 2 is 1.61 bits per heavy atom. The van der Waals surface area contributed by atoms with Gasteiger partial charge in [0.15, 0.2) is 0 Å². The molecule has 2 aromatic carbocycles. The molecule has 0 aromatic heterocycles. The normalized spacial score (nSPS) is 21.2. The minimum Gasteiger partial charge on any atom is -0.481 e. The van der Waals surface area contributed by atoms with E-state index >= 15 is 0 Å². The first-order valence-electron chi connectivity index (χ1n) is 12.1. The number of carboxylic acid groups (broad SMARTS) is 1. The Labute approximate surface area is 186 Å². The van der Waals surface area contributed by atoms with Crippen molar-refractivity contribution >= 4 is 5.97 Å². The zero-order valence-corrected chi connectivity index (χ0v) is 19.1. The molecule has 1 N–H and O–H groups in total. The van der Waals surface area contributed by atoms with Crippen LogP contribution in [0.3, 0.4) is 0 Å². The number of hydrogen-bond donors (Lipinski definition) is 1. The highest BCUT2D eigenvalue weighted by Crippen LogP contribution is 2.43. The SMILES string of the molecule is CCCCCCCc1ccc(-c2ccc(C3(C(=O)O)CCC(CC)CC3)cc2)cc1F. The van der Waals surface area contributed by atoms with Gasteiger partial charge in [-0.25, -0.2) is 4.39 Å². The topological polar surface area (TPSA) is 37.3 Å². The highest BCUT2D eigenvalue weighted by molar-refractivity contribution is 5.82. The Morgan fingerprint density at radius 3 is 2.19 bits per heavy atom. The molecule has 0 heterocycles. The van der Waals surface area contributed by atoms with Crippen LogP contribution >= 0.6 is 0 Å². The molecule has 31 heavy (non-hydrogen) atoms. The van der Waals surface area contributed by atoms with Gasteiger partial charge in [-0.3, -0.25) is 4.79 Å². The molecule has 0 unspecified atom stereocenters. The maximum atomic E-state index is 14.6. The second-order valence-corrected chi connectivity index (χ2v) is 9.29. The highest BCUT2D eigenvalue weighted by Gasteiger charge is 2.43. The first kappa shape index (κ1) is 23.5. The lowest BCUT2D eigenvalue weighted by Gasteiger charge is -2.37. The summed E-state index contributed by atoms with van der Waals surface area (Å²) in [6.07, 6.45) is 11.1. The molecule has 1 fully saturated rings. The van der Waals surface area contributed by atoms with E-state index in [1.165, 1.54) is 19.3 Å². The molecular weight excluding hydrogens is 387 g/mol. The summed E-state index contributed by atoms with van der Waals surface area (Å²) in [5.41, 5.74) is 2.66. The van der Waals surface area contributed by atoms with Crippen molar-refractivity contribution in [3.05, 3.63) is 59.4 Å². The molecule has 0 amide bonds. The molecule has 168 valence electrons. The zero-order chi connectivity index (χ0) is 22.3. The minimum atomic E-state index is -0.781. The van der Waals surface area contributed by atoms with E-state index < -0.39 is 11.4 Å². The summed E-state index contributed by atoms with van der Waals surface area (Å²) < 4.78 is 14.6. The van der Waals surface area contributed by atoms with E-state index in [0.717, 1.165) is 60.8 Å². The lowest BCUT2D eigenvalue weighted by molar-refractivity contribution is -0.145. The van der Waals surface area contributed by atoms with Crippen molar-refractivity contribution in [1.82, 2.24) is 0 Å². The molecule has 1 saturated carbocycles. The smallest absolute Gasteiger partial charge is 0.314 e. The monoisotopic (exact) mass is 424 g/mol. The maximum Gasteiger partial charge on any atom is 0.314 e. The van der Waals surface area contributed by atoms with Gasteiger partial charge in [0, 0.05) is 0 Å². The molecule has 0 atom stereocenters. The van der Waals surface area contributed by atoms with Crippen molar-refractivity contribution in [3.8, 4) is 11.1 Å². The largest absolute Gasteiger partial charge is 0.481 e. The predicted molar refractivity (Wildman–Crippen MR) is 126 cm³/mol. The van der Waals surface area contributed by atoms with Gasteiger partial charge < -0.3 is 5.11 Å². The predicted octanol–water partition coefficient (Wildman–Crippen LogP) is 7.93. The van der Waals surface area contributed by atoms with Crippen LogP contribution in [0.15, 0.2) is 42.5 Å². The molecule has 0 aliphatic heterocycles. The van der Waals surface area contributed by atoms with E-state index in [-0.39, 0.29) is 5.82 Å². The Balaban J connectivity index is 1.70. The van der Waals surface area contributed by atoms with Gasteiger partial charge in [-0.1, -0.05) is 82.3 Å². The third-order valence-electron chi connectivity index (χ3n) is 7.32. The second-order valence-electron chi connectivity index (χ2n) is 9.29. The summed E-state index contributed by atoms with van der Waals surface area (Å²) in [4.78, 5) is 12.2. The molecule has 0 spiro atoms. The van der Waals surface area contributed by atoms with Crippen LogP contribution in [0.4, 0.5) is 4.39 Å². The lowest BCUT2D eigenvalue weighted by atomic mass is 9.66. The molecule has 0 radical (unpaired) electrons. The van der Waals surface area contributed by atoms with Gasteiger partial charge in [0.25, 0.3) is 0 Å². The Hall–Kier alpha value is -2.16. The minimum absolute atomic E-state index is 0.142. The zero-order valence-electron chi connectivity index (χ0n) is 19.1. The molecule has 1 aliphatic carbocycles. The number of rotatable bonds is 10. The van der Waals surface area contributed by atoms with Gasteiger partial charge in [0.05, 0.1) is 5.41 Å². The van der Waals surface area contributed by atoms with Crippen molar-refractivity contribution in [2.24, 2.45) is 5.92 Å². The lowest BCUT2D eigenvalue weighted by Crippen LogP contribution is -2.39. The Morgan fingerprint density at radius 1 is 0.968 bits per heavy atom. The number of halogens is 1. The van der Waals surface area contributed by atoms with Gasteiger partial charge >= 0.3 is 5.97 Å². The highest BCUT2D eigenvalue weighted by atomic mass is 19.1. The van der Waals surface area contributed by atoms with Crippen LogP contribution in [0.25, 0.3) is 11.1 Å².